The van der Waals surface area contributed by atoms with Gasteiger partial charge >= 0.3 is 5.97 Å². The van der Waals surface area contributed by atoms with Crippen molar-refractivity contribution in [2.24, 2.45) is 11.8 Å². The molecule has 0 bridgehead atoms. The highest BCUT2D eigenvalue weighted by atomic mass is 35.5. The second-order valence-corrected chi connectivity index (χ2v) is 9.21. The average Bonchev–Trinajstić information content (AvgIpc) is 3.02. The molecule has 1 fully saturated rings. The number of carboxylic acids is 1. The van der Waals surface area contributed by atoms with Gasteiger partial charge in [-0.1, -0.05) is 11.6 Å². The number of carbonyl (C=O) groups excluding carboxylic acids is 1. The first-order chi connectivity index (χ1) is 14.8. The molecule has 6 nitrogen and oxygen atoms in total. The number of aryl methyl sites for hydroxylation is 1. The number of fused-ring (bicyclic) bond motifs is 1. The summed E-state index contributed by atoms with van der Waals surface area (Å²) in [6, 6.07) is 4.46. The molecule has 2 heterocycles. The number of rotatable bonds is 5. The second-order valence-electron chi connectivity index (χ2n) is 8.77. The summed E-state index contributed by atoms with van der Waals surface area (Å²) in [7, 11) is 0. The highest BCUT2D eigenvalue weighted by Crippen LogP contribution is 2.32. The van der Waals surface area contributed by atoms with Crippen LogP contribution in [-0.4, -0.2) is 38.2 Å². The fourth-order valence-electron chi connectivity index (χ4n) is 4.88. The van der Waals surface area contributed by atoms with E-state index in [2.05, 4.69) is 5.10 Å². The summed E-state index contributed by atoms with van der Waals surface area (Å²) in [6.45, 7) is 3.51. The Morgan fingerprint density at radius 3 is 2.65 bits per heavy atom. The summed E-state index contributed by atoms with van der Waals surface area (Å²) in [5.74, 6) is -1.00. The molecular formula is C23H27ClFN3O3. The molecular weight excluding hydrogens is 421 g/mol. The van der Waals surface area contributed by atoms with Crippen molar-refractivity contribution >= 4 is 23.5 Å². The first-order valence-corrected chi connectivity index (χ1v) is 11.2. The van der Waals surface area contributed by atoms with Crippen LogP contribution >= 0.6 is 11.6 Å². The number of aromatic nitrogens is 2. The first-order valence-electron chi connectivity index (χ1n) is 10.8. The zero-order valence-electron chi connectivity index (χ0n) is 17.6. The van der Waals surface area contributed by atoms with Gasteiger partial charge in [0.1, 0.15) is 5.82 Å². The van der Waals surface area contributed by atoms with E-state index < -0.39 is 5.97 Å². The number of hydrogen-bond acceptors (Lipinski definition) is 3. The first kappa shape index (κ1) is 21.8. The summed E-state index contributed by atoms with van der Waals surface area (Å²) in [6.07, 6.45) is 4.11. The Kier molecular flexibility index (Phi) is 6.32. The zero-order chi connectivity index (χ0) is 22.1. The minimum Gasteiger partial charge on any atom is -0.481 e. The van der Waals surface area contributed by atoms with Crippen LogP contribution in [0.1, 0.15) is 54.6 Å². The topological polar surface area (TPSA) is 75.4 Å². The molecule has 1 N–H and O–H groups in total. The lowest BCUT2D eigenvalue weighted by Gasteiger charge is -2.31. The fraction of sp³-hybridized carbons (Fsp3) is 0.522. The van der Waals surface area contributed by atoms with Crippen LogP contribution in [0, 0.1) is 24.6 Å². The molecule has 1 aliphatic carbocycles. The highest BCUT2D eigenvalue weighted by molar-refractivity contribution is 6.30. The number of carbonyl (C=O) groups is 2. The Labute approximate surface area is 186 Å². The van der Waals surface area contributed by atoms with E-state index >= 15 is 0 Å². The van der Waals surface area contributed by atoms with Crippen molar-refractivity contribution in [3.63, 3.8) is 0 Å². The number of hydrogen-bond donors (Lipinski definition) is 1. The van der Waals surface area contributed by atoms with Gasteiger partial charge in [-0.05, 0) is 74.3 Å². The van der Waals surface area contributed by atoms with Crippen LogP contribution in [-0.2, 0) is 29.1 Å². The Morgan fingerprint density at radius 1 is 1.23 bits per heavy atom. The molecule has 0 atom stereocenters. The molecule has 1 aromatic carbocycles. The van der Waals surface area contributed by atoms with Gasteiger partial charge in [0.15, 0.2) is 0 Å². The Balaban J connectivity index is 1.43. The monoisotopic (exact) mass is 447 g/mol. The number of amides is 1. The van der Waals surface area contributed by atoms with Gasteiger partial charge in [-0.3, -0.25) is 14.3 Å². The molecule has 1 aliphatic heterocycles. The molecule has 166 valence electrons. The largest absolute Gasteiger partial charge is 0.481 e. The van der Waals surface area contributed by atoms with Crippen LogP contribution in [0.25, 0.3) is 0 Å². The predicted octanol–water partition coefficient (Wildman–Crippen LogP) is 4.20. The molecule has 8 heteroatoms. The van der Waals surface area contributed by atoms with Gasteiger partial charge < -0.3 is 10.0 Å². The SMILES string of the molecule is Cc1nn(Cc2cc(F)cc(Cl)c2)c2c1CCN(C(=O)C[C@H]1CC[C@@H](C(=O)O)CC1)C2. The third-order valence-corrected chi connectivity index (χ3v) is 6.82. The van der Waals surface area contributed by atoms with Crippen molar-refractivity contribution in [1.29, 1.82) is 0 Å². The van der Waals surface area contributed by atoms with E-state index in [0.717, 1.165) is 41.8 Å². The molecule has 2 aromatic rings. The fourth-order valence-corrected chi connectivity index (χ4v) is 5.13. The standard InChI is InChI=1S/C23H27ClFN3O3/c1-14-20-6-7-27(22(29)10-15-2-4-17(5-3-15)23(30)31)13-21(20)28(26-14)12-16-8-18(24)11-19(25)9-16/h8-9,11,15,17H,2-7,10,12-13H2,1H3,(H,30,31)/t15-,17+. The Morgan fingerprint density at radius 2 is 1.97 bits per heavy atom. The van der Waals surface area contributed by atoms with Crippen molar-refractivity contribution in [3.05, 3.63) is 51.6 Å². The van der Waals surface area contributed by atoms with Crippen molar-refractivity contribution in [2.75, 3.05) is 6.54 Å². The molecule has 31 heavy (non-hydrogen) atoms. The van der Waals surface area contributed by atoms with Gasteiger partial charge in [0.25, 0.3) is 0 Å². The molecule has 1 amide bonds. The molecule has 0 radical (unpaired) electrons. The highest BCUT2D eigenvalue weighted by Gasteiger charge is 2.30. The molecule has 1 aromatic heterocycles. The molecule has 4 rings (SSSR count). The van der Waals surface area contributed by atoms with Crippen molar-refractivity contribution in [2.45, 2.75) is 58.5 Å². The zero-order valence-corrected chi connectivity index (χ0v) is 18.4. The summed E-state index contributed by atoms with van der Waals surface area (Å²) >= 11 is 5.99. The van der Waals surface area contributed by atoms with Gasteiger partial charge in [0.2, 0.25) is 5.91 Å². The van der Waals surface area contributed by atoms with Crippen molar-refractivity contribution < 1.29 is 19.1 Å². The maximum absolute atomic E-state index is 13.7. The van der Waals surface area contributed by atoms with E-state index in [1.165, 1.54) is 12.1 Å². The number of aliphatic carboxylic acids is 1. The van der Waals surface area contributed by atoms with E-state index in [0.29, 0.717) is 43.9 Å². The van der Waals surface area contributed by atoms with Gasteiger partial charge in [-0.25, -0.2) is 4.39 Å². The minimum absolute atomic E-state index is 0.114. The summed E-state index contributed by atoms with van der Waals surface area (Å²) in [5, 5.41) is 14.1. The van der Waals surface area contributed by atoms with Gasteiger partial charge in [0.05, 0.1) is 30.4 Å². The van der Waals surface area contributed by atoms with Crippen LogP contribution in [0.3, 0.4) is 0 Å². The summed E-state index contributed by atoms with van der Waals surface area (Å²) in [5.41, 5.74) is 3.83. The van der Waals surface area contributed by atoms with Crippen LogP contribution in [0.15, 0.2) is 18.2 Å². The van der Waals surface area contributed by atoms with Crippen LogP contribution < -0.4 is 0 Å². The van der Waals surface area contributed by atoms with Gasteiger partial charge in [0, 0.05) is 18.0 Å². The normalized spacial score (nSPS) is 21.1. The smallest absolute Gasteiger partial charge is 0.306 e. The lowest BCUT2D eigenvalue weighted by atomic mass is 9.80. The van der Waals surface area contributed by atoms with Gasteiger partial charge in [-0.15, -0.1) is 0 Å². The van der Waals surface area contributed by atoms with Crippen molar-refractivity contribution in [1.82, 2.24) is 14.7 Å². The molecule has 0 saturated heterocycles. The quantitative estimate of drug-likeness (QED) is 0.745. The maximum Gasteiger partial charge on any atom is 0.306 e. The number of carboxylic acid groups (broad SMARTS) is 1. The van der Waals surface area contributed by atoms with Crippen molar-refractivity contribution in [3.8, 4) is 0 Å². The summed E-state index contributed by atoms with van der Waals surface area (Å²) < 4.78 is 15.6. The number of nitrogens with zero attached hydrogens (tertiary/aromatic N) is 3. The Bertz CT molecular complexity index is 978. The number of benzene rings is 1. The molecule has 2 aliphatic rings. The van der Waals surface area contributed by atoms with E-state index in [1.807, 2.05) is 16.5 Å². The molecule has 0 unspecified atom stereocenters. The molecule has 1 saturated carbocycles. The predicted molar refractivity (Wildman–Crippen MR) is 114 cm³/mol. The molecule has 0 spiro atoms. The van der Waals surface area contributed by atoms with Gasteiger partial charge in [-0.2, -0.15) is 5.10 Å². The third kappa shape index (κ3) is 4.92. The average molecular weight is 448 g/mol. The van der Waals surface area contributed by atoms with Crippen LogP contribution in [0.5, 0.6) is 0 Å². The minimum atomic E-state index is -0.725. The third-order valence-electron chi connectivity index (χ3n) is 6.61. The lowest BCUT2D eigenvalue weighted by molar-refractivity contribution is -0.143. The van der Waals surface area contributed by atoms with Crippen LogP contribution in [0.4, 0.5) is 4.39 Å². The van der Waals surface area contributed by atoms with E-state index in [4.69, 9.17) is 16.7 Å². The van der Waals surface area contributed by atoms with Crippen LogP contribution in [0.2, 0.25) is 5.02 Å². The van der Waals surface area contributed by atoms with E-state index in [9.17, 15) is 14.0 Å². The Hall–Kier alpha value is -2.41. The maximum atomic E-state index is 13.7. The summed E-state index contributed by atoms with van der Waals surface area (Å²) in [4.78, 5) is 26.0. The lowest BCUT2D eigenvalue weighted by Crippen LogP contribution is -2.38. The number of halogens is 2. The van der Waals surface area contributed by atoms with E-state index in [1.54, 1.807) is 6.07 Å². The van der Waals surface area contributed by atoms with E-state index in [-0.39, 0.29) is 23.6 Å². The second kappa shape index (κ2) is 8.99.